The Morgan fingerprint density at radius 2 is 1.93 bits per heavy atom. The van der Waals surface area contributed by atoms with Gasteiger partial charge in [0.25, 0.3) is 5.91 Å². The van der Waals surface area contributed by atoms with Crippen molar-refractivity contribution in [2.75, 3.05) is 30.0 Å². The molecule has 2 amide bonds. The number of phenolic OH excluding ortho intramolecular Hbond substituents is 1. The number of benzene rings is 2. The number of rotatable bonds is 3. The molecule has 2 aromatic rings. The summed E-state index contributed by atoms with van der Waals surface area (Å²) in [5.74, 6) is -0.785. The summed E-state index contributed by atoms with van der Waals surface area (Å²) >= 11 is 0. The average Bonchev–Trinajstić information content (AvgIpc) is 3.03. The molecule has 28 heavy (non-hydrogen) atoms. The van der Waals surface area contributed by atoms with Crippen molar-refractivity contribution in [3.63, 3.8) is 0 Å². The number of hydrogen-bond acceptors (Lipinski definition) is 4. The number of carbonyl (C=O) groups is 2. The van der Waals surface area contributed by atoms with E-state index in [0.717, 1.165) is 30.2 Å². The predicted molar refractivity (Wildman–Crippen MR) is 107 cm³/mol. The third-order valence-electron chi connectivity index (χ3n) is 5.60. The maximum absolute atomic E-state index is 13.4. The lowest BCUT2D eigenvalue weighted by molar-refractivity contribution is -0.111. The number of hydrogen-bond donors (Lipinski definition) is 2. The molecule has 4 rings (SSSR count). The van der Waals surface area contributed by atoms with Crippen LogP contribution in [-0.4, -0.2) is 36.7 Å². The van der Waals surface area contributed by atoms with Crippen LogP contribution >= 0.6 is 0 Å². The molecule has 0 bridgehead atoms. The van der Waals surface area contributed by atoms with Crippen LogP contribution in [0, 0.1) is 0 Å². The Kier molecular flexibility index (Phi) is 4.65. The number of aromatic hydroxyl groups is 1. The summed E-state index contributed by atoms with van der Waals surface area (Å²) < 4.78 is 5.54. The van der Waals surface area contributed by atoms with E-state index in [-0.39, 0.29) is 28.5 Å². The molecule has 0 saturated carbocycles. The number of nitrogens with one attached hydrogen (secondary N) is 1. The van der Waals surface area contributed by atoms with Crippen LogP contribution in [0.3, 0.4) is 0 Å². The fraction of sp³-hybridized carbons (Fsp3) is 0.273. The van der Waals surface area contributed by atoms with E-state index in [1.54, 1.807) is 11.0 Å². The third kappa shape index (κ3) is 3.05. The molecule has 2 aromatic carbocycles. The summed E-state index contributed by atoms with van der Waals surface area (Å²) in [6.45, 7) is 5.32. The lowest BCUT2D eigenvalue weighted by atomic mass is 9.76. The van der Waals surface area contributed by atoms with Crippen molar-refractivity contribution in [2.45, 2.75) is 18.3 Å². The molecule has 2 aliphatic heterocycles. The quantitative estimate of drug-likeness (QED) is 0.635. The Hall–Kier alpha value is -3.12. The van der Waals surface area contributed by atoms with Crippen LogP contribution in [0.25, 0.3) is 0 Å². The standard InChI is InChI=1S/C22H22N2O4/c1-2-20(26)23-15-7-8-19(25)16(13-15)21(27)24-14-22(9-11-28-12-10-22)17-5-3-4-6-18(17)24/h2-8,13,25H,1,9-12,14H2,(H,23,26). The van der Waals surface area contributed by atoms with Crippen LogP contribution in [0.15, 0.2) is 55.1 Å². The number of anilines is 2. The van der Waals surface area contributed by atoms with Gasteiger partial charge in [-0.15, -0.1) is 0 Å². The molecular formula is C22H22N2O4. The first-order valence-corrected chi connectivity index (χ1v) is 9.30. The van der Waals surface area contributed by atoms with E-state index in [2.05, 4.69) is 18.0 Å². The highest BCUT2D eigenvalue weighted by Gasteiger charge is 2.45. The summed E-state index contributed by atoms with van der Waals surface area (Å²) in [4.78, 5) is 26.7. The van der Waals surface area contributed by atoms with E-state index >= 15 is 0 Å². The summed E-state index contributed by atoms with van der Waals surface area (Å²) in [7, 11) is 0. The van der Waals surface area contributed by atoms with E-state index in [1.165, 1.54) is 12.1 Å². The Balaban J connectivity index is 1.70. The first kappa shape index (κ1) is 18.3. The number of fused-ring (bicyclic) bond motifs is 2. The van der Waals surface area contributed by atoms with Gasteiger partial charge in [0.05, 0.1) is 5.56 Å². The minimum Gasteiger partial charge on any atom is -0.507 e. The van der Waals surface area contributed by atoms with Gasteiger partial charge in [-0.05, 0) is 48.7 Å². The highest BCUT2D eigenvalue weighted by atomic mass is 16.5. The van der Waals surface area contributed by atoms with Gasteiger partial charge in [-0.2, -0.15) is 0 Å². The molecular weight excluding hydrogens is 356 g/mol. The van der Waals surface area contributed by atoms with Gasteiger partial charge in [-0.1, -0.05) is 24.8 Å². The van der Waals surface area contributed by atoms with Crippen LogP contribution in [0.1, 0.15) is 28.8 Å². The topological polar surface area (TPSA) is 78.9 Å². The van der Waals surface area contributed by atoms with Crippen molar-refractivity contribution >= 4 is 23.2 Å². The maximum atomic E-state index is 13.4. The number of phenols is 1. The van der Waals surface area contributed by atoms with Crippen molar-refractivity contribution in [1.29, 1.82) is 0 Å². The van der Waals surface area contributed by atoms with Gasteiger partial charge in [0.2, 0.25) is 5.91 Å². The first-order valence-electron chi connectivity index (χ1n) is 9.30. The number of carbonyl (C=O) groups excluding carboxylic acids is 2. The van der Waals surface area contributed by atoms with Crippen LogP contribution in [0.4, 0.5) is 11.4 Å². The van der Waals surface area contributed by atoms with Crippen molar-refractivity contribution in [3.05, 3.63) is 66.2 Å². The maximum Gasteiger partial charge on any atom is 0.262 e. The van der Waals surface area contributed by atoms with Gasteiger partial charge >= 0.3 is 0 Å². The molecule has 1 saturated heterocycles. The molecule has 0 atom stereocenters. The molecule has 1 spiro atoms. The van der Waals surface area contributed by atoms with Gasteiger partial charge in [0, 0.05) is 36.5 Å². The van der Waals surface area contributed by atoms with Gasteiger partial charge < -0.3 is 20.1 Å². The zero-order valence-corrected chi connectivity index (χ0v) is 15.5. The number of ether oxygens (including phenoxy) is 1. The predicted octanol–water partition coefficient (Wildman–Crippen LogP) is 3.23. The molecule has 1 fully saturated rings. The van der Waals surface area contributed by atoms with E-state index in [0.29, 0.717) is 25.4 Å². The Morgan fingerprint density at radius 1 is 1.18 bits per heavy atom. The fourth-order valence-corrected chi connectivity index (χ4v) is 4.13. The second-order valence-electron chi connectivity index (χ2n) is 7.23. The van der Waals surface area contributed by atoms with E-state index in [9.17, 15) is 14.7 Å². The fourth-order valence-electron chi connectivity index (χ4n) is 4.13. The van der Waals surface area contributed by atoms with Crippen molar-refractivity contribution in [2.24, 2.45) is 0 Å². The van der Waals surface area contributed by atoms with Crippen molar-refractivity contribution < 1.29 is 19.4 Å². The SMILES string of the molecule is C=CC(=O)Nc1ccc(O)c(C(=O)N2CC3(CCOCC3)c3ccccc32)c1. The summed E-state index contributed by atoms with van der Waals surface area (Å²) in [5, 5.41) is 12.9. The second kappa shape index (κ2) is 7.13. The molecule has 0 radical (unpaired) electrons. The minimum atomic E-state index is -0.378. The lowest BCUT2D eigenvalue weighted by Gasteiger charge is -2.34. The number of amides is 2. The molecule has 2 aliphatic rings. The molecule has 144 valence electrons. The largest absolute Gasteiger partial charge is 0.507 e. The third-order valence-corrected chi connectivity index (χ3v) is 5.60. The zero-order chi connectivity index (χ0) is 19.7. The summed E-state index contributed by atoms with van der Waals surface area (Å²) in [5.41, 5.74) is 2.49. The second-order valence-corrected chi connectivity index (χ2v) is 7.23. The lowest BCUT2D eigenvalue weighted by Crippen LogP contribution is -2.40. The Bertz CT molecular complexity index is 947. The minimum absolute atomic E-state index is 0.116. The van der Waals surface area contributed by atoms with Crippen LogP contribution < -0.4 is 10.2 Å². The van der Waals surface area contributed by atoms with Crippen LogP contribution in [0.2, 0.25) is 0 Å². The zero-order valence-electron chi connectivity index (χ0n) is 15.5. The van der Waals surface area contributed by atoms with Crippen LogP contribution in [-0.2, 0) is 14.9 Å². The average molecular weight is 378 g/mol. The number of nitrogens with zero attached hydrogens (tertiary/aromatic N) is 1. The molecule has 0 aromatic heterocycles. The van der Waals surface area contributed by atoms with Gasteiger partial charge in [-0.25, -0.2) is 0 Å². The highest BCUT2D eigenvalue weighted by Crippen LogP contribution is 2.47. The molecule has 2 heterocycles. The number of para-hydroxylation sites is 1. The Labute approximate surface area is 163 Å². The van der Waals surface area contributed by atoms with Crippen molar-refractivity contribution in [3.8, 4) is 5.75 Å². The normalized spacial score (nSPS) is 17.2. The first-order chi connectivity index (χ1) is 13.5. The smallest absolute Gasteiger partial charge is 0.262 e. The van der Waals surface area contributed by atoms with E-state index in [4.69, 9.17) is 4.74 Å². The molecule has 6 nitrogen and oxygen atoms in total. The van der Waals surface area contributed by atoms with E-state index < -0.39 is 0 Å². The van der Waals surface area contributed by atoms with Crippen LogP contribution in [0.5, 0.6) is 5.75 Å². The highest BCUT2D eigenvalue weighted by molar-refractivity contribution is 6.10. The van der Waals surface area contributed by atoms with E-state index in [1.807, 2.05) is 18.2 Å². The van der Waals surface area contributed by atoms with Gasteiger partial charge in [0.15, 0.2) is 0 Å². The van der Waals surface area contributed by atoms with Gasteiger partial charge in [0.1, 0.15) is 5.75 Å². The van der Waals surface area contributed by atoms with Crippen molar-refractivity contribution in [1.82, 2.24) is 0 Å². The molecule has 2 N–H and O–H groups in total. The molecule has 0 unspecified atom stereocenters. The molecule has 0 aliphatic carbocycles. The summed E-state index contributed by atoms with van der Waals surface area (Å²) in [6, 6.07) is 12.4. The van der Waals surface area contributed by atoms with Gasteiger partial charge in [-0.3, -0.25) is 9.59 Å². The molecule has 6 heteroatoms. The Morgan fingerprint density at radius 3 is 2.68 bits per heavy atom. The summed E-state index contributed by atoms with van der Waals surface area (Å²) in [6.07, 6.45) is 2.87. The monoisotopic (exact) mass is 378 g/mol.